The highest BCUT2D eigenvalue weighted by Gasteiger charge is 2.19. The number of methoxy groups -OCH3 is 1. The zero-order valence-corrected chi connectivity index (χ0v) is 12.0. The molecule has 1 fully saturated rings. The first-order chi connectivity index (χ1) is 9.20. The quantitative estimate of drug-likeness (QED) is 0.855. The lowest BCUT2D eigenvalue weighted by Gasteiger charge is -2.28. The summed E-state index contributed by atoms with van der Waals surface area (Å²) in [5.74, 6) is 1.56. The van der Waals surface area contributed by atoms with Gasteiger partial charge in [0.15, 0.2) is 11.5 Å². The Morgan fingerprint density at radius 1 is 1.32 bits per heavy atom. The summed E-state index contributed by atoms with van der Waals surface area (Å²) in [4.78, 5) is 0. The molecule has 2 N–H and O–H groups in total. The van der Waals surface area contributed by atoms with E-state index in [0.717, 1.165) is 18.0 Å². The Morgan fingerprint density at radius 2 is 2.05 bits per heavy atom. The molecule has 3 heteroatoms. The number of rotatable bonds is 5. The van der Waals surface area contributed by atoms with Crippen LogP contribution in [0.5, 0.6) is 11.5 Å². The van der Waals surface area contributed by atoms with Gasteiger partial charge in [0, 0.05) is 12.6 Å². The van der Waals surface area contributed by atoms with Crippen molar-refractivity contribution in [2.24, 2.45) is 5.92 Å². The van der Waals surface area contributed by atoms with E-state index >= 15 is 0 Å². The molecule has 0 amide bonds. The van der Waals surface area contributed by atoms with Gasteiger partial charge in [-0.15, -0.1) is 0 Å². The Labute approximate surface area is 116 Å². The predicted octanol–water partition coefficient (Wildman–Crippen LogP) is 3.46. The van der Waals surface area contributed by atoms with Crippen LogP contribution >= 0.6 is 0 Å². The van der Waals surface area contributed by atoms with Crippen LogP contribution in [-0.4, -0.2) is 18.3 Å². The van der Waals surface area contributed by atoms with Gasteiger partial charge in [0.25, 0.3) is 0 Å². The summed E-state index contributed by atoms with van der Waals surface area (Å²) in [6, 6.07) is 6.09. The first-order valence-corrected chi connectivity index (χ1v) is 7.30. The number of ether oxygens (including phenoxy) is 1. The summed E-state index contributed by atoms with van der Waals surface area (Å²) in [5.41, 5.74) is 1.15. The molecule has 0 heterocycles. The summed E-state index contributed by atoms with van der Waals surface area (Å²) < 4.78 is 5.13. The third-order valence-electron chi connectivity index (χ3n) is 4.23. The van der Waals surface area contributed by atoms with Crippen molar-refractivity contribution < 1.29 is 9.84 Å². The third kappa shape index (κ3) is 3.87. The first kappa shape index (κ1) is 14.2. The summed E-state index contributed by atoms with van der Waals surface area (Å²) >= 11 is 0. The summed E-state index contributed by atoms with van der Waals surface area (Å²) in [5, 5.41) is 13.2. The summed E-state index contributed by atoms with van der Waals surface area (Å²) in [7, 11) is 1.58. The molecule has 106 valence electrons. The molecule has 19 heavy (non-hydrogen) atoms. The fourth-order valence-corrected chi connectivity index (χ4v) is 2.91. The molecule has 1 saturated carbocycles. The maximum atomic E-state index is 9.57. The molecule has 1 aliphatic carbocycles. The average Bonchev–Trinajstić information content (AvgIpc) is 2.47. The number of phenols is 1. The van der Waals surface area contributed by atoms with Crippen LogP contribution in [0.3, 0.4) is 0 Å². The Kier molecular flexibility index (Phi) is 5.08. The van der Waals surface area contributed by atoms with E-state index in [9.17, 15) is 5.11 Å². The Bertz CT molecular complexity index is 400. The largest absolute Gasteiger partial charge is 0.504 e. The number of phenolic OH excluding ortho intramolecular Hbond substituents is 1. The first-order valence-electron chi connectivity index (χ1n) is 7.30. The van der Waals surface area contributed by atoms with Gasteiger partial charge in [0.1, 0.15) is 0 Å². The number of benzene rings is 1. The summed E-state index contributed by atoms with van der Waals surface area (Å²) in [6.07, 6.45) is 6.87. The second-order valence-corrected chi connectivity index (χ2v) is 5.57. The Morgan fingerprint density at radius 3 is 2.74 bits per heavy atom. The van der Waals surface area contributed by atoms with Crippen molar-refractivity contribution >= 4 is 0 Å². The predicted molar refractivity (Wildman–Crippen MR) is 77.5 cm³/mol. The molecule has 1 aliphatic rings. The van der Waals surface area contributed by atoms with E-state index in [1.165, 1.54) is 32.1 Å². The molecule has 0 radical (unpaired) electrons. The molecule has 0 bridgehead atoms. The maximum absolute atomic E-state index is 9.57. The summed E-state index contributed by atoms with van der Waals surface area (Å²) in [6.45, 7) is 3.11. The van der Waals surface area contributed by atoms with Crippen LogP contribution in [0.25, 0.3) is 0 Å². The van der Waals surface area contributed by atoms with Gasteiger partial charge in [-0.3, -0.25) is 0 Å². The van der Waals surface area contributed by atoms with Crippen LogP contribution in [0.2, 0.25) is 0 Å². The van der Waals surface area contributed by atoms with E-state index in [2.05, 4.69) is 12.2 Å². The SMILES string of the molecule is COc1cc(CN[C@@H](C)C2CCCCC2)ccc1O. The van der Waals surface area contributed by atoms with E-state index in [1.807, 2.05) is 12.1 Å². The molecule has 0 unspecified atom stereocenters. The van der Waals surface area contributed by atoms with Gasteiger partial charge in [-0.1, -0.05) is 25.3 Å². The zero-order valence-electron chi connectivity index (χ0n) is 12.0. The van der Waals surface area contributed by atoms with E-state index in [1.54, 1.807) is 13.2 Å². The fraction of sp³-hybridized carbons (Fsp3) is 0.625. The minimum absolute atomic E-state index is 0.201. The minimum atomic E-state index is 0.201. The second kappa shape index (κ2) is 6.80. The van der Waals surface area contributed by atoms with Gasteiger partial charge in [-0.05, 0) is 43.4 Å². The average molecular weight is 263 g/mol. The Balaban J connectivity index is 1.87. The maximum Gasteiger partial charge on any atom is 0.160 e. The molecule has 2 rings (SSSR count). The van der Waals surface area contributed by atoms with Crippen LogP contribution in [0.1, 0.15) is 44.6 Å². The van der Waals surface area contributed by atoms with Crippen LogP contribution in [0.4, 0.5) is 0 Å². The molecule has 1 aromatic rings. The van der Waals surface area contributed by atoms with Gasteiger partial charge >= 0.3 is 0 Å². The van der Waals surface area contributed by atoms with Crippen molar-refractivity contribution in [2.45, 2.75) is 51.6 Å². The lowest BCUT2D eigenvalue weighted by Crippen LogP contribution is -2.34. The fourth-order valence-electron chi connectivity index (χ4n) is 2.91. The van der Waals surface area contributed by atoms with Crippen LogP contribution in [0, 0.1) is 5.92 Å². The van der Waals surface area contributed by atoms with Crippen molar-refractivity contribution in [3.63, 3.8) is 0 Å². The normalized spacial score (nSPS) is 18.2. The molecule has 0 spiro atoms. The van der Waals surface area contributed by atoms with Crippen molar-refractivity contribution in [3.05, 3.63) is 23.8 Å². The molecule has 3 nitrogen and oxygen atoms in total. The highest BCUT2D eigenvalue weighted by Crippen LogP contribution is 2.28. The van der Waals surface area contributed by atoms with E-state index in [-0.39, 0.29) is 5.75 Å². The van der Waals surface area contributed by atoms with Gasteiger partial charge in [-0.2, -0.15) is 0 Å². The van der Waals surface area contributed by atoms with Crippen LogP contribution in [-0.2, 0) is 6.54 Å². The van der Waals surface area contributed by atoms with E-state index in [4.69, 9.17) is 4.74 Å². The van der Waals surface area contributed by atoms with Crippen LogP contribution < -0.4 is 10.1 Å². The smallest absolute Gasteiger partial charge is 0.160 e. The van der Waals surface area contributed by atoms with E-state index < -0.39 is 0 Å². The molecule has 0 aliphatic heterocycles. The monoisotopic (exact) mass is 263 g/mol. The minimum Gasteiger partial charge on any atom is -0.504 e. The van der Waals surface area contributed by atoms with Gasteiger partial charge in [0.05, 0.1) is 7.11 Å². The zero-order chi connectivity index (χ0) is 13.7. The molecule has 0 saturated heterocycles. The van der Waals surface area contributed by atoms with Gasteiger partial charge in [-0.25, -0.2) is 0 Å². The number of nitrogens with one attached hydrogen (secondary N) is 1. The van der Waals surface area contributed by atoms with Crippen molar-refractivity contribution in [1.29, 1.82) is 0 Å². The number of hydrogen-bond donors (Lipinski definition) is 2. The lowest BCUT2D eigenvalue weighted by molar-refractivity contribution is 0.280. The Hall–Kier alpha value is -1.22. The van der Waals surface area contributed by atoms with Crippen molar-refractivity contribution in [3.8, 4) is 11.5 Å². The second-order valence-electron chi connectivity index (χ2n) is 5.57. The highest BCUT2D eigenvalue weighted by molar-refractivity contribution is 5.41. The standard InChI is InChI=1S/C16H25NO2/c1-12(14-6-4-3-5-7-14)17-11-13-8-9-15(18)16(10-13)19-2/h8-10,12,14,17-18H,3-7,11H2,1-2H3/t12-/m0/s1. The molecular weight excluding hydrogens is 238 g/mol. The lowest BCUT2D eigenvalue weighted by atomic mass is 9.84. The van der Waals surface area contributed by atoms with Gasteiger partial charge in [0.2, 0.25) is 0 Å². The molecule has 0 aromatic heterocycles. The molecule has 1 atom stereocenters. The van der Waals surface area contributed by atoms with Crippen molar-refractivity contribution in [1.82, 2.24) is 5.32 Å². The van der Waals surface area contributed by atoms with Crippen molar-refractivity contribution in [2.75, 3.05) is 7.11 Å². The van der Waals surface area contributed by atoms with E-state index in [0.29, 0.717) is 11.8 Å². The number of hydrogen-bond acceptors (Lipinski definition) is 3. The highest BCUT2D eigenvalue weighted by atomic mass is 16.5. The molecular formula is C16H25NO2. The number of aromatic hydroxyl groups is 1. The topological polar surface area (TPSA) is 41.5 Å². The van der Waals surface area contributed by atoms with Crippen LogP contribution in [0.15, 0.2) is 18.2 Å². The van der Waals surface area contributed by atoms with Gasteiger partial charge < -0.3 is 15.2 Å². The third-order valence-corrected chi connectivity index (χ3v) is 4.23. The molecule has 1 aromatic carbocycles.